The fourth-order valence-electron chi connectivity index (χ4n) is 3.30. The molecule has 0 radical (unpaired) electrons. The summed E-state index contributed by atoms with van der Waals surface area (Å²) in [5.41, 5.74) is 5.42. The van der Waals surface area contributed by atoms with Crippen molar-refractivity contribution in [3.63, 3.8) is 0 Å². The molecule has 39 heavy (non-hydrogen) atoms. The number of carbonyl (C=O) groups is 1. The van der Waals surface area contributed by atoms with E-state index in [1.165, 1.54) is 9.42 Å². The minimum absolute atomic E-state index is 0.0294. The first-order chi connectivity index (χ1) is 18.7. The Labute approximate surface area is 223 Å². The Morgan fingerprint density at radius 3 is 2.31 bits per heavy atom. The van der Waals surface area contributed by atoms with E-state index in [-0.39, 0.29) is 28.2 Å². The number of fused-ring (bicyclic) bond motifs is 3. The number of halogens is 4. The van der Waals surface area contributed by atoms with Gasteiger partial charge in [0, 0.05) is 26.1 Å². The van der Waals surface area contributed by atoms with E-state index >= 15 is 0 Å². The van der Waals surface area contributed by atoms with Gasteiger partial charge in [0.2, 0.25) is 5.95 Å². The number of nitrogens with zero attached hydrogens (tertiary/aromatic N) is 7. The number of unbranched alkanes of at least 4 members (excludes halogenated alkanes) is 1. The molecule has 0 saturated carbocycles. The molecular weight excluding hydrogens is 516 g/mol. The van der Waals surface area contributed by atoms with Gasteiger partial charge in [-0.25, -0.2) is 32.5 Å². The van der Waals surface area contributed by atoms with E-state index in [9.17, 15) is 22.4 Å². The second-order valence-electron chi connectivity index (χ2n) is 7.33. The van der Waals surface area contributed by atoms with Crippen molar-refractivity contribution >= 4 is 28.4 Å². The molecule has 13 heteroatoms. The zero-order valence-electron chi connectivity index (χ0n) is 21.7. The number of carbonyl (C=O) groups excluding carboxylic acids is 1. The molecule has 0 unspecified atom stereocenters. The van der Waals surface area contributed by atoms with Crippen molar-refractivity contribution in [2.45, 2.75) is 39.5 Å². The van der Waals surface area contributed by atoms with Crippen molar-refractivity contribution in [1.82, 2.24) is 34.4 Å². The van der Waals surface area contributed by atoms with Crippen molar-refractivity contribution in [1.29, 1.82) is 0 Å². The van der Waals surface area contributed by atoms with Crippen LogP contribution in [0.5, 0.6) is 0 Å². The van der Waals surface area contributed by atoms with Crippen LogP contribution in [0.1, 0.15) is 55.1 Å². The molecule has 0 aliphatic carbocycles. The number of nitrogen functional groups attached to an aromatic ring is 1. The molecule has 0 aliphatic heterocycles. The van der Waals surface area contributed by atoms with E-state index < -0.39 is 29.7 Å². The third kappa shape index (κ3) is 7.85. The molecule has 3 heterocycles. The lowest BCUT2D eigenvalue weighted by Crippen LogP contribution is -2.28. The minimum atomic E-state index is -2.75. The fraction of sp³-hybridized carbons (Fsp3) is 0.308. The Kier molecular flexibility index (Phi) is 12.8. The molecule has 0 fully saturated rings. The zero-order chi connectivity index (χ0) is 29.7. The molecule has 0 saturated heterocycles. The quantitative estimate of drug-likeness (QED) is 0.207. The summed E-state index contributed by atoms with van der Waals surface area (Å²) in [6.07, 6.45) is 16.7. The van der Waals surface area contributed by atoms with Crippen LogP contribution in [-0.4, -0.2) is 53.9 Å². The van der Waals surface area contributed by atoms with E-state index in [1.54, 1.807) is 7.05 Å². The molecule has 206 valence electrons. The molecule has 0 spiro atoms. The highest BCUT2D eigenvalue weighted by Crippen LogP contribution is 2.23. The molecule has 3 aromatic heterocycles. The van der Waals surface area contributed by atoms with Gasteiger partial charge in [0.05, 0.1) is 17.8 Å². The van der Waals surface area contributed by atoms with Crippen LogP contribution in [0.3, 0.4) is 0 Å². The van der Waals surface area contributed by atoms with Gasteiger partial charge >= 0.3 is 0 Å². The number of benzene rings is 1. The van der Waals surface area contributed by atoms with Crippen LogP contribution in [0.4, 0.5) is 23.5 Å². The smallest absolute Gasteiger partial charge is 0.281 e. The van der Waals surface area contributed by atoms with Crippen LogP contribution in [0.25, 0.3) is 16.6 Å². The number of nitrogens with two attached hydrogens (primary N) is 1. The Morgan fingerprint density at radius 1 is 1.05 bits per heavy atom. The number of hydrogen-bond acceptors (Lipinski definition) is 7. The molecule has 9 nitrogen and oxygen atoms in total. The third-order valence-corrected chi connectivity index (χ3v) is 4.97. The van der Waals surface area contributed by atoms with Gasteiger partial charge in [-0.3, -0.25) is 9.78 Å². The van der Waals surface area contributed by atoms with Gasteiger partial charge in [0.15, 0.2) is 17.3 Å². The molecule has 1 aromatic carbocycles. The zero-order valence-corrected chi connectivity index (χ0v) is 21.7. The maximum absolute atomic E-state index is 14.0. The van der Waals surface area contributed by atoms with Crippen molar-refractivity contribution in [2.24, 2.45) is 0 Å². The van der Waals surface area contributed by atoms with E-state index in [4.69, 9.17) is 5.73 Å². The van der Waals surface area contributed by atoms with Crippen LogP contribution in [-0.2, 0) is 6.42 Å². The minimum Gasteiger partial charge on any atom is -0.368 e. The number of aryl methyl sites for hydroxylation is 1. The number of rotatable bonds is 7. The van der Waals surface area contributed by atoms with Gasteiger partial charge in [0.25, 0.3) is 12.3 Å². The van der Waals surface area contributed by atoms with Gasteiger partial charge in [-0.1, -0.05) is 13.8 Å². The van der Waals surface area contributed by atoms with Crippen LogP contribution < -0.4 is 5.73 Å². The first-order valence-electron chi connectivity index (χ1n) is 11.6. The van der Waals surface area contributed by atoms with Crippen molar-refractivity contribution in [3.05, 3.63) is 53.4 Å². The standard InChI is InChI=1S/C20H18F4N8O.C2H6.2C2H2/c1-31(19(33)14-9-26-13(8-27-14)17(23)24)5-3-2-4-15-28-18-11-6-10(21)7-12(22)16(11)29-20(25)32(18)30-15;3*1-2/h6-9,17H,2-5H2,1H3,(H2,25,29);1-2H3;2*1-2H. The van der Waals surface area contributed by atoms with Crippen LogP contribution in [0.2, 0.25) is 0 Å². The van der Waals surface area contributed by atoms with E-state index in [2.05, 4.69) is 50.7 Å². The molecular formula is C26H28F4N8O. The van der Waals surface area contributed by atoms with Crippen LogP contribution >= 0.6 is 0 Å². The van der Waals surface area contributed by atoms with Crippen LogP contribution in [0.15, 0.2) is 24.5 Å². The van der Waals surface area contributed by atoms with Gasteiger partial charge in [-0.05, 0) is 18.9 Å². The van der Waals surface area contributed by atoms with Gasteiger partial charge < -0.3 is 10.6 Å². The molecule has 0 atom stereocenters. The highest BCUT2D eigenvalue weighted by atomic mass is 19.3. The van der Waals surface area contributed by atoms with E-state index in [0.717, 1.165) is 24.5 Å². The molecule has 4 aromatic rings. The normalized spacial score (nSPS) is 10.1. The molecule has 4 rings (SSSR count). The predicted octanol–water partition coefficient (Wildman–Crippen LogP) is 4.49. The average molecular weight is 545 g/mol. The Bertz CT molecular complexity index is 1410. The number of anilines is 1. The summed E-state index contributed by atoms with van der Waals surface area (Å²) >= 11 is 0. The summed E-state index contributed by atoms with van der Waals surface area (Å²) in [7, 11) is 1.57. The van der Waals surface area contributed by atoms with Crippen molar-refractivity contribution < 1.29 is 22.4 Å². The summed E-state index contributed by atoms with van der Waals surface area (Å²) in [4.78, 5) is 29.3. The lowest BCUT2D eigenvalue weighted by Gasteiger charge is -2.16. The number of hydrogen-bond donors (Lipinski definition) is 1. The summed E-state index contributed by atoms with van der Waals surface area (Å²) in [5.74, 6) is -1.72. The molecule has 0 bridgehead atoms. The fourth-order valence-corrected chi connectivity index (χ4v) is 3.30. The summed E-state index contributed by atoms with van der Waals surface area (Å²) in [5, 5.41) is 4.41. The highest BCUT2D eigenvalue weighted by Gasteiger charge is 2.17. The maximum atomic E-state index is 14.0. The summed E-state index contributed by atoms with van der Waals surface area (Å²) in [6.45, 7) is 4.37. The molecule has 2 N–H and O–H groups in total. The first kappa shape index (κ1) is 32.2. The lowest BCUT2D eigenvalue weighted by atomic mass is 10.2. The number of alkyl halides is 2. The summed E-state index contributed by atoms with van der Waals surface area (Å²) < 4.78 is 54.0. The predicted molar refractivity (Wildman–Crippen MR) is 141 cm³/mol. The maximum Gasteiger partial charge on any atom is 0.281 e. The molecule has 1 amide bonds. The SMILES string of the molecule is C#C.C#C.CC.CN(CCCCc1nc2c3cc(F)cc(F)c3nc(N)n2n1)C(=O)c1cnc(C(F)F)cn1. The molecule has 0 aliphatic rings. The highest BCUT2D eigenvalue weighted by molar-refractivity contribution is 5.92. The Hall–Kier alpha value is -4.78. The summed E-state index contributed by atoms with van der Waals surface area (Å²) in [6, 6.07) is 1.84. The van der Waals surface area contributed by atoms with Crippen molar-refractivity contribution in [2.75, 3.05) is 19.3 Å². The first-order valence-corrected chi connectivity index (χ1v) is 11.6. The topological polar surface area (TPSA) is 115 Å². The van der Waals surface area contributed by atoms with Gasteiger partial charge in [-0.15, -0.1) is 30.8 Å². The average Bonchev–Trinajstić information content (AvgIpc) is 3.40. The third-order valence-electron chi connectivity index (χ3n) is 4.97. The van der Waals surface area contributed by atoms with E-state index in [0.29, 0.717) is 31.6 Å². The van der Waals surface area contributed by atoms with Gasteiger partial charge in [0.1, 0.15) is 22.7 Å². The number of aromatic nitrogens is 6. The monoisotopic (exact) mass is 544 g/mol. The second-order valence-corrected chi connectivity index (χ2v) is 7.33. The second kappa shape index (κ2) is 15.5. The van der Waals surface area contributed by atoms with E-state index in [1.807, 2.05) is 13.8 Å². The Morgan fingerprint density at radius 2 is 1.72 bits per heavy atom. The number of amides is 1. The number of terminal acetylenes is 2. The Balaban J connectivity index is 0.00000119. The van der Waals surface area contributed by atoms with Gasteiger partial charge in [-0.2, -0.15) is 4.52 Å². The lowest BCUT2D eigenvalue weighted by molar-refractivity contribution is 0.0785. The van der Waals surface area contributed by atoms with Crippen LogP contribution in [0, 0.1) is 37.3 Å². The largest absolute Gasteiger partial charge is 0.368 e. The van der Waals surface area contributed by atoms with Crippen molar-refractivity contribution in [3.8, 4) is 25.7 Å².